The standard InChI is InChI=1S/C20H23N2O5P/c1-22-16-8-7-14-4-3-10-20(24,18(14)13-16)11-9-19(23)27-28(25,26)17-6-2-5-15(21)12-17/h2-8,12-13,22,24H,9-11,21H2,1H3,(H,25,26). The second-order valence-corrected chi connectivity index (χ2v) is 8.51. The number of benzene rings is 2. The van der Waals surface area contributed by atoms with Gasteiger partial charge in [-0.1, -0.05) is 24.3 Å². The average Bonchev–Trinajstić information content (AvgIpc) is 2.66. The quantitative estimate of drug-likeness (QED) is 0.433. The summed E-state index contributed by atoms with van der Waals surface area (Å²) in [6, 6.07) is 11.4. The number of nitrogens with two attached hydrogens (primary N) is 1. The molecular weight excluding hydrogens is 379 g/mol. The second kappa shape index (κ2) is 7.80. The molecule has 2 aromatic carbocycles. The first-order valence-corrected chi connectivity index (χ1v) is 10.4. The van der Waals surface area contributed by atoms with Crippen molar-refractivity contribution in [2.45, 2.75) is 24.9 Å². The molecule has 0 amide bonds. The van der Waals surface area contributed by atoms with Crippen molar-refractivity contribution in [1.29, 1.82) is 0 Å². The Kier molecular flexibility index (Phi) is 5.61. The van der Waals surface area contributed by atoms with Gasteiger partial charge in [-0.05, 0) is 54.3 Å². The molecule has 0 saturated heterocycles. The topological polar surface area (TPSA) is 122 Å². The number of fused-ring (bicyclic) bond motifs is 1. The summed E-state index contributed by atoms with van der Waals surface area (Å²) in [5.41, 5.74) is 7.07. The van der Waals surface area contributed by atoms with Crippen LogP contribution in [0.1, 0.15) is 30.4 Å². The van der Waals surface area contributed by atoms with Gasteiger partial charge in [-0.25, -0.2) is 4.57 Å². The van der Waals surface area contributed by atoms with Gasteiger partial charge in [-0.3, -0.25) is 4.79 Å². The van der Waals surface area contributed by atoms with E-state index in [9.17, 15) is 19.4 Å². The summed E-state index contributed by atoms with van der Waals surface area (Å²) >= 11 is 0. The minimum Gasteiger partial charge on any atom is -0.399 e. The fraction of sp³-hybridized carbons (Fsp3) is 0.250. The second-order valence-electron chi connectivity index (χ2n) is 6.77. The lowest BCUT2D eigenvalue weighted by molar-refractivity contribution is -0.136. The summed E-state index contributed by atoms with van der Waals surface area (Å²) in [7, 11) is -2.55. The zero-order chi connectivity index (χ0) is 20.4. The number of carbonyl (C=O) groups excluding carboxylic acids is 1. The maximum atomic E-state index is 12.4. The number of rotatable bonds is 6. The summed E-state index contributed by atoms with van der Waals surface area (Å²) in [4.78, 5) is 22.3. The molecule has 0 spiro atoms. The van der Waals surface area contributed by atoms with Crippen molar-refractivity contribution in [2.24, 2.45) is 0 Å². The SMILES string of the molecule is CNc1ccc2c(c1)C(O)(CCC(=O)OP(=O)(O)c1cccc(N)c1)CC=C2. The Morgan fingerprint density at radius 1 is 1.32 bits per heavy atom. The highest BCUT2D eigenvalue weighted by atomic mass is 31.2. The van der Waals surface area contributed by atoms with E-state index in [0.29, 0.717) is 17.7 Å². The average molecular weight is 402 g/mol. The summed E-state index contributed by atoms with van der Waals surface area (Å²) in [6.07, 6.45) is 3.96. The van der Waals surface area contributed by atoms with Gasteiger partial charge in [0.1, 0.15) is 0 Å². The van der Waals surface area contributed by atoms with Crippen molar-refractivity contribution in [2.75, 3.05) is 18.1 Å². The van der Waals surface area contributed by atoms with Crippen LogP contribution in [-0.4, -0.2) is 23.0 Å². The number of nitrogen functional groups attached to an aromatic ring is 1. The molecule has 3 rings (SSSR count). The number of anilines is 2. The van der Waals surface area contributed by atoms with E-state index < -0.39 is 19.2 Å². The molecule has 0 bridgehead atoms. The maximum Gasteiger partial charge on any atom is 0.410 e. The highest BCUT2D eigenvalue weighted by Crippen LogP contribution is 2.43. The molecule has 0 radical (unpaired) electrons. The van der Waals surface area contributed by atoms with Crippen molar-refractivity contribution in [3.8, 4) is 0 Å². The Morgan fingerprint density at radius 3 is 2.82 bits per heavy atom. The van der Waals surface area contributed by atoms with Crippen LogP contribution in [0.5, 0.6) is 0 Å². The molecule has 1 aliphatic carbocycles. The molecule has 0 aliphatic heterocycles. The van der Waals surface area contributed by atoms with Crippen molar-refractivity contribution in [3.05, 3.63) is 59.7 Å². The van der Waals surface area contributed by atoms with E-state index in [4.69, 9.17) is 10.3 Å². The van der Waals surface area contributed by atoms with Crippen LogP contribution in [0.3, 0.4) is 0 Å². The third-order valence-corrected chi connectivity index (χ3v) is 6.14. The molecule has 5 N–H and O–H groups in total. The monoisotopic (exact) mass is 402 g/mol. The van der Waals surface area contributed by atoms with Crippen molar-refractivity contribution < 1.29 is 23.9 Å². The number of hydrogen-bond donors (Lipinski definition) is 4. The predicted molar refractivity (Wildman–Crippen MR) is 109 cm³/mol. The molecule has 8 heteroatoms. The van der Waals surface area contributed by atoms with Gasteiger partial charge < -0.3 is 25.6 Å². The first kappa shape index (κ1) is 20.1. The van der Waals surface area contributed by atoms with Crippen molar-refractivity contribution in [1.82, 2.24) is 0 Å². The summed E-state index contributed by atoms with van der Waals surface area (Å²) in [5, 5.41) is 14.1. The zero-order valence-electron chi connectivity index (χ0n) is 15.5. The van der Waals surface area contributed by atoms with Crippen LogP contribution in [0.4, 0.5) is 11.4 Å². The van der Waals surface area contributed by atoms with Gasteiger partial charge in [0.2, 0.25) is 0 Å². The number of hydrogen-bond acceptors (Lipinski definition) is 6. The molecule has 0 fully saturated rings. The van der Waals surface area contributed by atoms with E-state index >= 15 is 0 Å². The van der Waals surface area contributed by atoms with Crippen LogP contribution >= 0.6 is 7.60 Å². The van der Waals surface area contributed by atoms with Gasteiger partial charge in [0.15, 0.2) is 0 Å². The molecule has 2 aromatic rings. The molecule has 148 valence electrons. The highest BCUT2D eigenvalue weighted by Gasteiger charge is 2.34. The third-order valence-electron chi connectivity index (χ3n) is 4.76. The van der Waals surface area contributed by atoms with E-state index in [1.807, 2.05) is 30.4 Å². The molecule has 0 heterocycles. The first-order valence-electron chi connectivity index (χ1n) is 8.86. The van der Waals surface area contributed by atoms with Crippen LogP contribution in [-0.2, 0) is 19.5 Å². The zero-order valence-corrected chi connectivity index (χ0v) is 16.4. The summed E-state index contributed by atoms with van der Waals surface area (Å²) < 4.78 is 17.2. The summed E-state index contributed by atoms with van der Waals surface area (Å²) in [6.45, 7) is 0. The fourth-order valence-electron chi connectivity index (χ4n) is 3.23. The Bertz CT molecular complexity index is 975. The smallest absolute Gasteiger partial charge is 0.399 e. The van der Waals surface area contributed by atoms with Crippen molar-refractivity contribution >= 4 is 36.3 Å². The minimum atomic E-state index is -4.33. The Morgan fingerprint density at radius 2 is 2.11 bits per heavy atom. The van der Waals surface area contributed by atoms with E-state index in [1.165, 1.54) is 18.2 Å². The largest absolute Gasteiger partial charge is 0.410 e. The first-order chi connectivity index (χ1) is 13.2. The Balaban J connectivity index is 1.71. The lowest BCUT2D eigenvalue weighted by atomic mass is 9.80. The fourth-order valence-corrected chi connectivity index (χ4v) is 4.29. The van der Waals surface area contributed by atoms with Crippen LogP contribution in [0, 0.1) is 0 Å². The molecule has 2 unspecified atom stereocenters. The van der Waals surface area contributed by atoms with Crippen LogP contribution in [0.15, 0.2) is 48.5 Å². The molecule has 28 heavy (non-hydrogen) atoms. The van der Waals surface area contributed by atoms with E-state index in [1.54, 1.807) is 13.1 Å². The van der Waals surface area contributed by atoms with Crippen LogP contribution in [0.2, 0.25) is 0 Å². The lowest BCUT2D eigenvalue weighted by Gasteiger charge is -2.32. The van der Waals surface area contributed by atoms with Gasteiger partial charge >= 0.3 is 13.6 Å². The normalized spacial score (nSPS) is 20.1. The lowest BCUT2D eigenvalue weighted by Crippen LogP contribution is -2.29. The van der Waals surface area contributed by atoms with Gasteiger partial charge in [0.25, 0.3) is 0 Å². The van der Waals surface area contributed by atoms with E-state index in [0.717, 1.165) is 11.3 Å². The number of aliphatic hydroxyl groups is 1. The highest BCUT2D eigenvalue weighted by molar-refractivity contribution is 7.61. The number of carbonyl (C=O) groups is 1. The molecular formula is C20H23N2O5P. The minimum absolute atomic E-state index is 0.0517. The van der Waals surface area contributed by atoms with Gasteiger partial charge in [0.05, 0.1) is 10.9 Å². The Hall–Kier alpha value is -2.60. The molecule has 0 aromatic heterocycles. The van der Waals surface area contributed by atoms with E-state index in [-0.39, 0.29) is 18.1 Å². The molecule has 2 atom stereocenters. The maximum absolute atomic E-state index is 12.4. The van der Waals surface area contributed by atoms with E-state index in [2.05, 4.69) is 5.32 Å². The molecule has 1 aliphatic rings. The van der Waals surface area contributed by atoms with Gasteiger partial charge in [-0.15, -0.1) is 0 Å². The van der Waals surface area contributed by atoms with Crippen LogP contribution in [0.25, 0.3) is 6.08 Å². The number of nitrogens with one attached hydrogen (secondary N) is 1. The van der Waals surface area contributed by atoms with Crippen molar-refractivity contribution in [3.63, 3.8) is 0 Å². The van der Waals surface area contributed by atoms with Gasteiger partial charge in [0, 0.05) is 24.8 Å². The molecule has 0 saturated carbocycles. The summed E-state index contributed by atoms with van der Waals surface area (Å²) in [5.74, 6) is -0.859. The Labute approximate surface area is 163 Å². The third kappa shape index (κ3) is 4.28. The van der Waals surface area contributed by atoms with Gasteiger partial charge in [-0.2, -0.15) is 0 Å². The molecule has 7 nitrogen and oxygen atoms in total. The van der Waals surface area contributed by atoms with Crippen LogP contribution < -0.4 is 16.4 Å². The predicted octanol–water partition coefficient (Wildman–Crippen LogP) is 2.75.